The van der Waals surface area contributed by atoms with Crippen molar-refractivity contribution in [3.8, 4) is 0 Å². The van der Waals surface area contributed by atoms with Crippen LogP contribution in [0.1, 0.15) is 62.9 Å². The molecule has 1 aliphatic rings. The molecule has 5 N–H and O–H groups in total. The number of aryl methyl sites for hydroxylation is 1. The van der Waals surface area contributed by atoms with Crippen molar-refractivity contribution < 1.29 is 23.7 Å². The minimum absolute atomic E-state index is 0.170. The number of nitrogens with one attached hydrogen (secondary N) is 5. The number of rotatable bonds is 7. The molecule has 4 rings (SSSR count). The number of carbonyl (C=O) groups is 4. The molecule has 4 amide bonds. The Hall–Kier alpha value is -4.38. The van der Waals surface area contributed by atoms with Gasteiger partial charge in [-0.05, 0) is 51.5 Å². The van der Waals surface area contributed by atoms with Crippen LogP contribution in [-0.2, 0) is 24.6 Å². The van der Waals surface area contributed by atoms with Crippen LogP contribution in [0.25, 0.3) is 11.6 Å². The molecule has 216 valence electrons. The highest BCUT2D eigenvalue weighted by molar-refractivity contribution is 6.35. The van der Waals surface area contributed by atoms with Crippen molar-refractivity contribution >= 4 is 69.8 Å². The van der Waals surface area contributed by atoms with Gasteiger partial charge in [0, 0.05) is 34.1 Å². The Balaban J connectivity index is 1.50. The van der Waals surface area contributed by atoms with Crippen molar-refractivity contribution in [1.82, 2.24) is 10.1 Å². The van der Waals surface area contributed by atoms with Crippen molar-refractivity contribution in [2.75, 3.05) is 27.1 Å². The molecule has 11 nitrogen and oxygen atoms in total. The average molecular weight is 581 g/mol. The molecule has 0 saturated carbocycles. The largest absolute Gasteiger partial charge is 0.359 e. The lowest BCUT2D eigenvalue weighted by Gasteiger charge is -2.22. The topological polar surface area (TPSA) is 158 Å². The third-order valence-electron chi connectivity index (χ3n) is 6.84. The Morgan fingerprint density at radius 3 is 2.34 bits per heavy atom. The van der Waals surface area contributed by atoms with Crippen LogP contribution in [0.15, 0.2) is 28.8 Å². The summed E-state index contributed by atoms with van der Waals surface area (Å²) in [6.07, 6.45) is 1.71. The van der Waals surface area contributed by atoms with E-state index >= 15 is 0 Å². The first kappa shape index (κ1) is 29.6. The van der Waals surface area contributed by atoms with E-state index < -0.39 is 17.2 Å². The molecule has 0 saturated heterocycles. The lowest BCUT2D eigenvalue weighted by atomic mass is 9.90. The fourth-order valence-corrected chi connectivity index (χ4v) is 4.26. The van der Waals surface area contributed by atoms with Gasteiger partial charge in [-0.2, -0.15) is 0 Å². The van der Waals surface area contributed by atoms with Gasteiger partial charge >= 0.3 is 0 Å². The van der Waals surface area contributed by atoms with Crippen molar-refractivity contribution in [2.45, 2.75) is 53.9 Å². The number of carbonyl (C=O) groups excluding carboxylic acids is 4. The van der Waals surface area contributed by atoms with E-state index in [4.69, 9.17) is 16.1 Å². The minimum Gasteiger partial charge on any atom is -0.359 e. The zero-order valence-electron chi connectivity index (χ0n) is 24.0. The van der Waals surface area contributed by atoms with Crippen LogP contribution in [0.4, 0.5) is 22.9 Å². The summed E-state index contributed by atoms with van der Waals surface area (Å²) < 4.78 is 5.30. The lowest BCUT2D eigenvalue weighted by Crippen LogP contribution is -2.41. The van der Waals surface area contributed by atoms with Crippen LogP contribution in [0.3, 0.4) is 0 Å². The Morgan fingerprint density at radius 2 is 1.71 bits per heavy atom. The van der Waals surface area contributed by atoms with E-state index in [2.05, 4.69) is 31.4 Å². The van der Waals surface area contributed by atoms with Crippen LogP contribution in [0.5, 0.6) is 0 Å². The third kappa shape index (κ3) is 6.04. The van der Waals surface area contributed by atoms with Crippen LogP contribution in [0, 0.1) is 19.3 Å². The van der Waals surface area contributed by atoms with Crippen molar-refractivity contribution in [1.29, 1.82) is 0 Å². The maximum atomic E-state index is 13.1. The lowest BCUT2D eigenvalue weighted by molar-refractivity contribution is -0.135. The van der Waals surface area contributed by atoms with Crippen molar-refractivity contribution in [3.05, 3.63) is 52.5 Å². The highest BCUT2D eigenvalue weighted by atomic mass is 35.5. The Labute approximate surface area is 242 Å². The average Bonchev–Trinajstić information content (AvgIpc) is 3.56. The Bertz CT molecular complexity index is 1590. The fraction of sp³-hybridized carbons (Fsp3) is 0.345. The molecular formula is C29H33ClN6O5. The second-order valence-corrected chi connectivity index (χ2v) is 11.7. The summed E-state index contributed by atoms with van der Waals surface area (Å²) in [5.41, 5.74) is 3.01. The van der Waals surface area contributed by atoms with E-state index in [1.165, 1.54) is 13.8 Å². The molecular weight excluding hydrogens is 548 g/mol. The zero-order valence-corrected chi connectivity index (χ0v) is 24.7. The first-order valence-electron chi connectivity index (χ1n) is 12.9. The number of benzene rings is 1. The predicted octanol–water partition coefficient (Wildman–Crippen LogP) is 5.19. The van der Waals surface area contributed by atoms with Gasteiger partial charge in [0.25, 0.3) is 5.91 Å². The van der Waals surface area contributed by atoms with Gasteiger partial charge in [0.15, 0.2) is 5.82 Å². The molecule has 0 radical (unpaired) electrons. The molecule has 3 aromatic rings. The SMILES string of the molecule is Cc1[nH]c(/C=C2\C(=O)Nc3cc(NC(=O)C(C)(C)C(=O)Nc4cc(C(C)(C)C)on4)ccc32)c(C)c1NC(=O)CCl. The van der Waals surface area contributed by atoms with Gasteiger partial charge in [-0.15, -0.1) is 11.6 Å². The number of aromatic nitrogens is 2. The molecule has 0 bridgehead atoms. The highest BCUT2D eigenvalue weighted by Crippen LogP contribution is 2.37. The van der Waals surface area contributed by atoms with E-state index in [0.29, 0.717) is 39.7 Å². The summed E-state index contributed by atoms with van der Waals surface area (Å²) in [6.45, 7) is 12.5. The molecule has 2 aromatic heterocycles. The quantitative estimate of drug-likeness (QED) is 0.147. The smallest absolute Gasteiger partial charge is 0.256 e. The van der Waals surface area contributed by atoms with Gasteiger partial charge in [-0.3, -0.25) is 19.2 Å². The molecule has 12 heteroatoms. The van der Waals surface area contributed by atoms with Crippen LogP contribution in [-0.4, -0.2) is 39.6 Å². The molecule has 0 unspecified atom stereocenters. The zero-order chi connectivity index (χ0) is 30.3. The number of anilines is 4. The number of H-pyrrole nitrogens is 1. The minimum atomic E-state index is -1.45. The first-order valence-corrected chi connectivity index (χ1v) is 13.5. The van der Waals surface area contributed by atoms with Gasteiger partial charge in [-0.25, -0.2) is 0 Å². The number of hydrogen-bond donors (Lipinski definition) is 5. The van der Waals surface area contributed by atoms with E-state index in [1.54, 1.807) is 30.3 Å². The van der Waals surface area contributed by atoms with Crippen molar-refractivity contribution in [2.24, 2.45) is 5.41 Å². The monoisotopic (exact) mass is 580 g/mol. The number of aromatic amines is 1. The molecule has 0 aliphatic carbocycles. The number of fused-ring (bicyclic) bond motifs is 1. The number of alkyl halides is 1. The molecule has 1 aliphatic heterocycles. The van der Waals surface area contributed by atoms with E-state index in [9.17, 15) is 19.2 Å². The summed E-state index contributed by atoms with van der Waals surface area (Å²) >= 11 is 5.62. The Morgan fingerprint density at radius 1 is 1.02 bits per heavy atom. The van der Waals surface area contributed by atoms with E-state index in [-0.39, 0.29) is 28.9 Å². The molecule has 0 spiro atoms. The van der Waals surface area contributed by atoms with E-state index in [0.717, 1.165) is 11.3 Å². The first-order chi connectivity index (χ1) is 19.1. The number of hydrogen-bond acceptors (Lipinski definition) is 6. The van der Waals surface area contributed by atoms with Crippen molar-refractivity contribution in [3.63, 3.8) is 0 Å². The molecule has 0 fully saturated rings. The predicted molar refractivity (Wildman–Crippen MR) is 159 cm³/mol. The maximum absolute atomic E-state index is 13.1. The third-order valence-corrected chi connectivity index (χ3v) is 7.08. The summed E-state index contributed by atoms with van der Waals surface area (Å²) in [4.78, 5) is 53.9. The van der Waals surface area contributed by atoms with Gasteiger partial charge in [0.05, 0.1) is 16.9 Å². The van der Waals surface area contributed by atoms with Crippen LogP contribution in [0.2, 0.25) is 0 Å². The normalized spacial score (nSPS) is 14.0. The Kier molecular flexibility index (Phi) is 7.86. The summed E-state index contributed by atoms with van der Waals surface area (Å²) in [5.74, 6) is -1.09. The molecule has 1 aromatic carbocycles. The number of halogens is 1. The van der Waals surface area contributed by atoms with Crippen LogP contribution < -0.4 is 21.3 Å². The van der Waals surface area contributed by atoms with Gasteiger partial charge in [-0.1, -0.05) is 32.0 Å². The maximum Gasteiger partial charge on any atom is 0.256 e. The van der Waals surface area contributed by atoms with Gasteiger partial charge in [0.2, 0.25) is 17.7 Å². The number of amides is 4. The summed E-state index contributed by atoms with van der Waals surface area (Å²) in [5, 5.41) is 14.9. The van der Waals surface area contributed by atoms with E-state index in [1.807, 2.05) is 34.6 Å². The second-order valence-electron chi connectivity index (χ2n) is 11.5. The van der Waals surface area contributed by atoms with Gasteiger partial charge < -0.3 is 30.8 Å². The standard InChI is InChI=1S/C29H33ClN6O5/c1-14-19(31-15(2)24(14)35-23(37)13-30)11-18-17-9-8-16(10-20(17)33-25(18)38)32-26(39)29(6,7)27(40)34-22-12-21(41-36-22)28(3,4)5/h8-12,31H,13H2,1-7H3,(H,32,39)(H,33,38)(H,35,37)(H,34,36,40)/b18-11-. The highest BCUT2D eigenvalue weighted by Gasteiger charge is 2.37. The van der Waals surface area contributed by atoms with Gasteiger partial charge in [0.1, 0.15) is 17.1 Å². The summed E-state index contributed by atoms with van der Waals surface area (Å²) in [6, 6.07) is 6.64. The molecule has 3 heterocycles. The molecule has 0 atom stereocenters. The fourth-order valence-electron chi connectivity index (χ4n) is 4.19. The van der Waals surface area contributed by atoms with Crippen LogP contribution >= 0.6 is 11.6 Å². The molecule has 41 heavy (non-hydrogen) atoms. The number of nitrogens with zero attached hydrogens (tertiary/aromatic N) is 1. The second kappa shape index (κ2) is 10.9. The summed E-state index contributed by atoms with van der Waals surface area (Å²) in [7, 11) is 0.